The van der Waals surface area contributed by atoms with Gasteiger partial charge >= 0.3 is 6.09 Å². The SMILES string of the molecule is COC1(COc2cccc3ccc(-c4nnc5cc(C)ccn45)nc23)CCN(C(=O)OC(C)(C)C)CC1. The fraction of sp³-hybridized carbons (Fsp3) is 0.429. The second-order valence-electron chi connectivity index (χ2n) is 10.6. The zero-order chi connectivity index (χ0) is 26.2. The number of fused-ring (bicyclic) bond motifs is 2. The molecule has 1 saturated heterocycles. The van der Waals surface area contributed by atoms with E-state index >= 15 is 0 Å². The summed E-state index contributed by atoms with van der Waals surface area (Å²) < 4.78 is 19.7. The number of aromatic nitrogens is 4. The van der Waals surface area contributed by atoms with Gasteiger partial charge in [0.15, 0.2) is 11.5 Å². The minimum Gasteiger partial charge on any atom is -0.488 e. The quantitative estimate of drug-likeness (QED) is 0.376. The van der Waals surface area contributed by atoms with Crippen LogP contribution < -0.4 is 4.74 Å². The van der Waals surface area contributed by atoms with Gasteiger partial charge in [0.25, 0.3) is 0 Å². The van der Waals surface area contributed by atoms with E-state index in [9.17, 15) is 4.79 Å². The van der Waals surface area contributed by atoms with Crippen molar-refractivity contribution in [3.05, 3.63) is 54.2 Å². The third-order valence-electron chi connectivity index (χ3n) is 6.73. The highest BCUT2D eigenvalue weighted by molar-refractivity contribution is 5.86. The molecule has 1 fully saturated rings. The van der Waals surface area contributed by atoms with Crippen molar-refractivity contribution >= 4 is 22.6 Å². The maximum Gasteiger partial charge on any atom is 0.410 e. The van der Waals surface area contributed by atoms with Crippen LogP contribution in [0, 0.1) is 6.92 Å². The number of aryl methyl sites for hydroxylation is 1. The molecule has 0 spiro atoms. The van der Waals surface area contributed by atoms with E-state index in [0.29, 0.717) is 49.8 Å². The average molecular weight is 504 g/mol. The van der Waals surface area contributed by atoms with E-state index in [1.54, 1.807) is 12.0 Å². The number of nitrogens with zero attached hydrogens (tertiary/aromatic N) is 5. The molecular formula is C28H33N5O4. The first kappa shape index (κ1) is 25.0. The van der Waals surface area contributed by atoms with Gasteiger partial charge in [-0.1, -0.05) is 18.2 Å². The molecule has 3 aromatic heterocycles. The number of rotatable bonds is 5. The van der Waals surface area contributed by atoms with Crippen molar-refractivity contribution in [1.82, 2.24) is 24.5 Å². The van der Waals surface area contributed by atoms with Gasteiger partial charge in [0, 0.05) is 31.8 Å². The number of carbonyl (C=O) groups excluding carboxylic acids is 1. The molecule has 0 radical (unpaired) electrons. The van der Waals surface area contributed by atoms with Crippen LogP contribution in [0.25, 0.3) is 28.1 Å². The molecule has 0 atom stereocenters. The van der Waals surface area contributed by atoms with Crippen LogP contribution in [0.4, 0.5) is 4.79 Å². The van der Waals surface area contributed by atoms with E-state index in [0.717, 1.165) is 22.1 Å². The smallest absolute Gasteiger partial charge is 0.410 e. The number of amides is 1. The maximum absolute atomic E-state index is 12.5. The second-order valence-corrected chi connectivity index (χ2v) is 10.6. The predicted octanol–water partition coefficient (Wildman–Crippen LogP) is 5.05. The molecule has 1 amide bonds. The number of carbonyl (C=O) groups is 1. The number of hydrogen-bond donors (Lipinski definition) is 0. The van der Waals surface area contributed by atoms with E-state index in [4.69, 9.17) is 19.2 Å². The first-order chi connectivity index (χ1) is 17.7. The lowest BCUT2D eigenvalue weighted by Crippen LogP contribution is -2.51. The summed E-state index contributed by atoms with van der Waals surface area (Å²) in [5, 5.41) is 9.65. The molecule has 37 heavy (non-hydrogen) atoms. The molecule has 4 aromatic rings. The maximum atomic E-state index is 12.5. The molecule has 4 heterocycles. The van der Waals surface area contributed by atoms with Crippen LogP contribution in [0.5, 0.6) is 5.75 Å². The molecule has 0 aliphatic carbocycles. The van der Waals surface area contributed by atoms with Crippen LogP contribution in [0.1, 0.15) is 39.2 Å². The summed E-state index contributed by atoms with van der Waals surface area (Å²) in [6.45, 7) is 9.09. The van der Waals surface area contributed by atoms with Crippen molar-refractivity contribution in [2.24, 2.45) is 0 Å². The Hall–Kier alpha value is -3.72. The zero-order valence-corrected chi connectivity index (χ0v) is 22.0. The van der Waals surface area contributed by atoms with Crippen LogP contribution >= 0.6 is 0 Å². The average Bonchev–Trinajstić information content (AvgIpc) is 3.29. The van der Waals surface area contributed by atoms with Crippen LogP contribution in [0.2, 0.25) is 0 Å². The van der Waals surface area contributed by atoms with Gasteiger partial charge in [-0.3, -0.25) is 4.40 Å². The fourth-order valence-corrected chi connectivity index (χ4v) is 4.57. The van der Waals surface area contributed by atoms with E-state index in [1.165, 1.54) is 0 Å². The van der Waals surface area contributed by atoms with Crippen molar-refractivity contribution in [3.8, 4) is 17.3 Å². The molecule has 0 saturated carbocycles. The Morgan fingerprint density at radius 2 is 1.86 bits per heavy atom. The highest BCUT2D eigenvalue weighted by Crippen LogP contribution is 2.31. The van der Waals surface area contributed by atoms with Gasteiger partial charge in [0.1, 0.15) is 34.8 Å². The Morgan fingerprint density at radius 1 is 1.08 bits per heavy atom. The number of piperidine rings is 1. The number of benzene rings is 1. The lowest BCUT2D eigenvalue weighted by molar-refractivity contribution is -0.0833. The summed E-state index contributed by atoms with van der Waals surface area (Å²) in [5.74, 6) is 1.35. The number of para-hydroxylation sites is 1. The minimum atomic E-state index is -0.520. The lowest BCUT2D eigenvalue weighted by Gasteiger charge is -2.40. The zero-order valence-electron chi connectivity index (χ0n) is 22.0. The molecular weight excluding hydrogens is 470 g/mol. The van der Waals surface area contributed by atoms with Gasteiger partial charge in [-0.2, -0.15) is 0 Å². The fourth-order valence-electron chi connectivity index (χ4n) is 4.57. The van der Waals surface area contributed by atoms with Gasteiger partial charge in [-0.25, -0.2) is 9.78 Å². The van der Waals surface area contributed by atoms with E-state index < -0.39 is 11.2 Å². The van der Waals surface area contributed by atoms with Gasteiger partial charge in [-0.15, -0.1) is 10.2 Å². The largest absolute Gasteiger partial charge is 0.488 e. The van der Waals surface area contributed by atoms with Crippen LogP contribution in [-0.2, 0) is 9.47 Å². The summed E-state index contributed by atoms with van der Waals surface area (Å²) >= 11 is 0. The van der Waals surface area contributed by atoms with Crippen LogP contribution in [-0.4, -0.2) is 68.6 Å². The summed E-state index contributed by atoms with van der Waals surface area (Å²) in [4.78, 5) is 19.1. The first-order valence-corrected chi connectivity index (χ1v) is 12.5. The van der Waals surface area contributed by atoms with Gasteiger partial charge in [0.2, 0.25) is 0 Å². The molecule has 9 heteroatoms. The Kier molecular flexibility index (Phi) is 6.49. The third-order valence-corrected chi connectivity index (χ3v) is 6.73. The molecule has 194 valence electrons. The Morgan fingerprint density at radius 3 is 2.59 bits per heavy atom. The van der Waals surface area contributed by atoms with Crippen molar-refractivity contribution in [3.63, 3.8) is 0 Å². The molecule has 0 bridgehead atoms. The molecule has 0 unspecified atom stereocenters. The summed E-state index contributed by atoms with van der Waals surface area (Å²) in [6, 6.07) is 13.9. The summed E-state index contributed by atoms with van der Waals surface area (Å²) in [7, 11) is 1.70. The Labute approximate surface area is 216 Å². The molecule has 1 aliphatic heterocycles. The molecule has 5 rings (SSSR count). The van der Waals surface area contributed by atoms with E-state index in [1.807, 2.05) is 80.8 Å². The standard InChI is InChI=1S/C28H33N5O4/c1-19-11-14-33-23(17-19)30-31-25(33)21-10-9-20-7-6-8-22(24(20)29-21)36-18-28(35-5)12-15-32(16-13-28)26(34)37-27(2,3)4/h6-11,14,17H,12-13,15-16,18H2,1-5H3. The summed E-state index contributed by atoms with van der Waals surface area (Å²) in [6.07, 6.45) is 2.97. The lowest BCUT2D eigenvalue weighted by atomic mass is 9.92. The Bertz CT molecular complexity index is 1430. The highest BCUT2D eigenvalue weighted by Gasteiger charge is 2.38. The minimum absolute atomic E-state index is 0.292. The van der Waals surface area contributed by atoms with Gasteiger partial charge in [0.05, 0.1) is 0 Å². The summed E-state index contributed by atoms with van der Waals surface area (Å²) in [5.41, 5.74) is 2.35. The molecule has 0 N–H and O–H groups in total. The van der Waals surface area contributed by atoms with Crippen LogP contribution in [0.3, 0.4) is 0 Å². The number of ether oxygens (including phenoxy) is 3. The number of methoxy groups -OCH3 is 1. The van der Waals surface area contributed by atoms with Gasteiger partial charge < -0.3 is 19.1 Å². The number of hydrogen-bond acceptors (Lipinski definition) is 7. The topological polar surface area (TPSA) is 91.1 Å². The van der Waals surface area contributed by atoms with Crippen molar-refractivity contribution in [2.45, 2.75) is 51.7 Å². The van der Waals surface area contributed by atoms with Crippen LogP contribution in [0.15, 0.2) is 48.7 Å². The second kappa shape index (κ2) is 9.63. The molecule has 1 aromatic carbocycles. The Balaban J connectivity index is 1.35. The van der Waals surface area contributed by atoms with Crippen molar-refractivity contribution in [2.75, 3.05) is 26.8 Å². The van der Waals surface area contributed by atoms with E-state index in [-0.39, 0.29) is 6.09 Å². The molecule has 1 aliphatic rings. The monoisotopic (exact) mass is 503 g/mol. The normalized spacial score (nSPS) is 15.8. The predicted molar refractivity (Wildman–Crippen MR) is 141 cm³/mol. The number of pyridine rings is 2. The van der Waals surface area contributed by atoms with Crippen molar-refractivity contribution in [1.29, 1.82) is 0 Å². The van der Waals surface area contributed by atoms with E-state index in [2.05, 4.69) is 10.2 Å². The third kappa shape index (κ3) is 5.22. The highest BCUT2D eigenvalue weighted by atomic mass is 16.6. The molecule has 9 nitrogen and oxygen atoms in total. The van der Waals surface area contributed by atoms with Crippen molar-refractivity contribution < 1.29 is 19.0 Å². The van der Waals surface area contributed by atoms with Gasteiger partial charge in [-0.05, 0) is 70.4 Å². The number of likely N-dealkylation sites (tertiary alicyclic amines) is 1. The first-order valence-electron chi connectivity index (χ1n) is 12.5.